The highest BCUT2D eigenvalue weighted by molar-refractivity contribution is 5.85. The summed E-state index contributed by atoms with van der Waals surface area (Å²) in [5.41, 5.74) is 0.989. The third-order valence-corrected chi connectivity index (χ3v) is 4.29. The molecule has 21 heavy (non-hydrogen) atoms. The molecule has 3 rings (SSSR count). The fraction of sp³-hybridized carbons (Fsp3) is 0.500. The van der Waals surface area contributed by atoms with Crippen LogP contribution in [0, 0.1) is 0 Å². The van der Waals surface area contributed by atoms with Crippen LogP contribution in [0.3, 0.4) is 0 Å². The van der Waals surface area contributed by atoms with Gasteiger partial charge in [0.1, 0.15) is 5.75 Å². The second-order valence-electron chi connectivity index (χ2n) is 5.56. The fourth-order valence-electron chi connectivity index (χ4n) is 3.06. The summed E-state index contributed by atoms with van der Waals surface area (Å²) < 4.78 is 5.62. The van der Waals surface area contributed by atoms with Crippen molar-refractivity contribution in [1.29, 1.82) is 0 Å². The monoisotopic (exact) mass is 288 g/mol. The first-order valence-corrected chi connectivity index (χ1v) is 7.43. The summed E-state index contributed by atoms with van der Waals surface area (Å²) >= 11 is 0. The van der Waals surface area contributed by atoms with Crippen LogP contribution in [0.4, 0.5) is 0 Å². The minimum absolute atomic E-state index is 0.0820. The van der Waals surface area contributed by atoms with Gasteiger partial charge in [-0.2, -0.15) is 0 Å². The van der Waals surface area contributed by atoms with Crippen LogP contribution in [-0.2, 0) is 9.59 Å². The number of piperazine rings is 1. The van der Waals surface area contributed by atoms with E-state index in [9.17, 15) is 9.59 Å². The van der Waals surface area contributed by atoms with E-state index >= 15 is 0 Å². The highest BCUT2D eigenvalue weighted by Gasteiger charge is 2.32. The molecule has 1 saturated heterocycles. The molecule has 0 radical (unpaired) electrons. The van der Waals surface area contributed by atoms with Gasteiger partial charge >= 0.3 is 0 Å². The van der Waals surface area contributed by atoms with Crippen LogP contribution in [0.15, 0.2) is 24.3 Å². The van der Waals surface area contributed by atoms with Gasteiger partial charge in [-0.25, -0.2) is 0 Å². The molecule has 0 saturated carbocycles. The maximum Gasteiger partial charge on any atom is 0.230 e. The lowest BCUT2D eigenvalue weighted by Gasteiger charge is -2.37. The molecule has 0 spiro atoms. The van der Waals surface area contributed by atoms with Gasteiger partial charge in [-0.05, 0) is 12.5 Å². The summed E-state index contributed by atoms with van der Waals surface area (Å²) in [5, 5.41) is 0. The van der Waals surface area contributed by atoms with Gasteiger partial charge in [0.2, 0.25) is 11.8 Å². The second-order valence-corrected chi connectivity index (χ2v) is 5.56. The predicted molar refractivity (Wildman–Crippen MR) is 78.1 cm³/mol. The van der Waals surface area contributed by atoms with Crippen molar-refractivity contribution < 1.29 is 14.3 Å². The quantitative estimate of drug-likeness (QED) is 0.781. The summed E-state index contributed by atoms with van der Waals surface area (Å²) in [6, 6.07) is 7.77. The van der Waals surface area contributed by atoms with Gasteiger partial charge in [-0.15, -0.1) is 0 Å². The maximum absolute atomic E-state index is 12.8. The molecule has 1 atom stereocenters. The number of carbonyl (C=O) groups excluding carboxylic acids is 2. The van der Waals surface area contributed by atoms with Crippen LogP contribution in [0.5, 0.6) is 5.75 Å². The van der Waals surface area contributed by atoms with Crippen molar-refractivity contribution in [3.63, 3.8) is 0 Å². The lowest BCUT2D eigenvalue weighted by atomic mass is 9.91. The third kappa shape index (κ3) is 2.73. The summed E-state index contributed by atoms with van der Waals surface area (Å²) in [7, 11) is 0. The van der Waals surface area contributed by atoms with E-state index in [4.69, 9.17) is 4.74 Å². The summed E-state index contributed by atoms with van der Waals surface area (Å²) in [4.78, 5) is 27.8. The highest BCUT2D eigenvalue weighted by Crippen LogP contribution is 2.34. The van der Waals surface area contributed by atoms with E-state index in [1.54, 1.807) is 11.8 Å². The van der Waals surface area contributed by atoms with Crippen LogP contribution < -0.4 is 4.74 Å². The Morgan fingerprint density at radius 3 is 2.48 bits per heavy atom. The minimum Gasteiger partial charge on any atom is -0.493 e. The predicted octanol–water partition coefficient (Wildman–Crippen LogP) is 1.24. The van der Waals surface area contributed by atoms with Gasteiger partial charge in [0, 0.05) is 38.7 Å². The van der Waals surface area contributed by atoms with Crippen molar-refractivity contribution in [2.45, 2.75) is 19.3 Å². The molecule has 0 aliphatic carbocycles. The number of carbonyl (C=O) groups is 2. The highest BCUT2D eigenvalue weighted by atomic mass is 16.5. The zero-order chi connectivity index (χ0) is 14.8. The summed E-state index contributed by atoms with van der Waals surface area (Å²) in [5.74, 6) is 0.954. The lowest BCUT2D eigenvalue weighted by Crippen LogP contribution is -2.51. The van der Waals surface area contributed by atoms with Gasteiger partial charge in [-0.3, -0.25) is 9.59 Å². The molecule has 0 aromatic heterocycles. The zero-order valence-corrected chi connectivity index (χ0v) is 12.2. The van der Waals surface area contributed by atoms with Gasteiger partial charge in [-0.1, -0.05) is 18.2 Å². The Hall–Kier alpha value is -2.04. The van der Waals surface area contributed by atoms with E-state index in [0.29, 0.717) is 32.8 Å². The van der Waals surface area contributed by atoms with Crippen molar-refractivity contribution in [1.82, 2.24) is 9.80 Å². The standard InChI is InChI=1S/C16H20N2O3/c1-12(19)17-7-9-18(10-8-17)16(20)14-6-11-21-15-5-3-2-4-13(14)15/h2-5,14H,6-11H2,1H3. The molecule has 2 amide bonds. The van der Waals surface area contributed by atoms with Crippen molar-refractivity contribution >= 4 is 11.8 Å². The number of para-hydroxylation sites is 1. The van der Waals surface area contributed by atoms with Crippen molar-refractivity contribution in [3.05, 3.63) is 29.8 Å². The van der Waals surface area contributed by atoms with Crippen molar-refractivity contribution in [3.8, 4) is 5.75 Å². The molecular weight excluding hydrogens is 268 g/mol. The zero-order valence-electron chi connectivity index (χ0n) is 12.2. The Morgan fingerprint density at radius 1 is 1.10 bits per heavy atom. The Balaban J connectivity index is 1.71. The average Bonchev–Trinajstić information content (AvgIpc) is 2.53. The van der Waals surface area contributed by atoms with Crippen LogP contribution in [0.25, 0.3) is 0 Å². The second kappa shape index (κ2) is 5.76. The number of hydrogen-bond donors (Lipinski definition) is 0. The van der Waals surface area contributed by atoms with Gasteiger partial charge in [0.05, 0.1) is 12.5 Å². The van der Waals surface area contributed by atoms with E-state index in [0.717, 1.165) is 17.7 Å². The number of benzene rings is 1. The fourth-order valence-corrected chi connectivity index (χ4v) is 3.06. The number of ether oxygens (including phenoxy) is 1. The number of rotatable bonds is 1. The molecule has 0 N–H and O–H groups in total. The SMILES string of the molecule is CC(=O)N1CCN(C(=O)C2CCOc3ccccc32)CC1. The largest absolute Gasteiger partial charge is 0.493 e. The van der Waals surface area contributed by atoms with Gasteiger partial charge in [0.25, 0.3) is 0 Å². The van der Waals surface area contributed by atoms with E-state index < -0.39 is 0 Å². The first-order valence-electron chi connectivity index (χ1n) is 7.43. The number of amides is 2. The normalized spacial score (nSPS) is 21.5. The smallest absolute Gasteiger partial charge is 0.230 e. The van der Waals surface area contributed by atoms with Crippen LogP contribution in [-0.4, -0.2) is 54.4 Å². The van der Waals surface area contributed by atoms with Crippen LogP contribution in [0.2, 0.25) is 0 Å². The number of hydrogen-bond acceptors (Lipinski definition) is 3. The molecule has 5 heteroatoms. The first-order chi connectivity index (χ1) is 10.2. The van der Waals surface area contributed by atoms with E-state index in [1.165, 1.54) is 0 Å². The molecular formula is C16H20N2O3. The first kappa shape index (κ1) is 13.9. The lowest BCUT2D eigenvalue weighted by molar-refractivity contribution is -0.139. The molecule has 1 aromatic carbocycles. The molecule has 1 aromatic rings. The molecule has 5 nitrogen and oxygen atoms in total. The molecule has 2 heterocycles. The third-order valence-electron chi connectivity index (χ3n) is 4.29. The molecule has 0 bridgehead atoms. The number of fused-ring (bicyclic) bond motifs is 1. The van der Waals surface area contributed by atoms with E-state index in [1.807, 2.05) is 29.2 Å². The van der Waals surface area contributed by atoms with Crippen molar-refractivity contribution in [2.75, 3.05) is 32.8 Å². The van der Waals surface area contributed by atoms with Crippen LogP contribution >= 0.6 is 0 Å². The molecule has 1 unspecified atom stereocenters. The Morgan fingerprint density at radius 2 is 1.76 bits per heavy atom. The molecule has 2 aliphatic heterocycles. The maximum atomic E-state index is 12.8. The Kier molecular flexibility index (Phi) is 3.82. The minimum atomic E-state index is -0.112. The Labute approximate surface area is 124 Å². The molecule has 2 aliphatic rings. The average molecular weight is 288 g/mol. The summed E-state index contributed by atoms with van der Waals surface area (Å²) in [6.07, 6.45) is 0.725. The summed E-state index contributed by atoms with van der Waals surface area (Å²) in [6.45, 7) is 4.67. The van der Waals surface area contributed by atoms with Crippen molar-refractivity contribution in [2.24, 2.45) is 0 Å². The molecule has 112 valence electrons. The molecule has 1 fully saturated rings. The van der Waals surface area contributed by atoms with Gasteiger partial charge in [0.15, 0.2) is 0 Å². The van der Waals surface area contributed by atoms with Crippen LogP contribution in [0.1, 0.15) is 24.8 Å². The van der Waals surface area contributed by atoms with E-state index in [2.05, 4.69) is 0 Å². The van der Waals surface area contributed by atoms with Gasteiger partial charge < -0.3 is 14.5 Å². The topological polar surface area (TPSA) is 49.9 Å². The van der Waals surface area contributed by atoms with E-state index in [-0.39, 0.29) is 17.7 Å². The Bertz CT molecular complexity index is 550. The number of nitrogens with zero attached hydrogens (tertiary/aromatic N) is 2.